The van der Waals surface area contributed by atoms with E-state index in [4.69, 9.17) is 50.0 Å². The number of thiocarbonyl (C=S) groups is 1. The number of nitrogens with two attached hydrogens (primary N) is 1. The number of nitrogens with one attached hydrogen (secondary N) is 1. The minimum atomic E-state index is -2.64. The van der Waals surface area contributed by atoms with Gasteiger partial charge in [0.05, 0.1) is 32.0 Å². The van der Waals surface area contributed by atoms with Crippen LogP contribution in [0.5, 0.6) is 0 Å². The number of benzene rings is 2. The predicted molar refractivity (Wildman–Crippen MR) is 270 cm³/mol. The number of rotatable bonds is 8. The van der Waals surface area contributed by atoms with Gasteiger partial charge in [0, 0.05) is 70.5 Å². The highest BCUT2D eigenvalue weighted by Crippen LogP contribution is 2.66. The number of thioether (sulfide) groups is 1. The summed E-state index contributed by atoms with van der Waals surface area (Å²) in [6.07, 6.45) is 8.69. The molecular weight excluding hydrogens is 969 g/mol. The zero-order valence-corrected chi connectivity index (χ0v) is 43.6. The number of nitrogens with zero attached hydrogens (tertiary/aromatic N) is 4. The molecule has 6 fully saturated rings. The Hall–Kier alpha value is -4.35. The van der Waals surface area contributed by atoms with Gasteiger partial charge >= 0.3 is 5.97 Å². The van der Waals surface area contributed by atoms with Crippen molar-refractivity contribution in [3.63, 3.8) is 0 Å². The van der Waals surface area contributed by atoms with Crippen LogP contribution in [0, 0.1) is 58.3 Å². The third-order valence-corrected chi connectivity index (χ3v) is 18.3. The molecule has 8 atom stereocenters. The van der Waals surface area contributed by atoms with Crippen molar-refractivity contribution >= 4 is 52.3 Å². The van der Waals surface area contributed by atoms with Gasteiger partial charge < -0.3 is 30.0 Å². The lowest BCUT2D eigenvalue weighted by molar-refractivity contribution is -0.152. The van der Waals surface area contributed by atoms with Gasteiger partial charge in [-0.05, 0) is 148 Å². The molecule has 2 heterocycles. The molecule has 2 aliphatic heterocycles. The van der Waals surface area contributed by atoms with Crippen LogP contribution < -0.4 is 11.1 Å². The highest BCUT2D eigenvalue weighted by molar-refractivity contribution is 8.05. The van der Waals surface area contributed by atoms with E-state index in [-0.39, 0.29) is 86.6 Å². The van der Waals surface area contributed by atoms with Crippen molar-refractivity contribution in [1.29, 1.82) is 5.26 Å². The van der Waals surface area contributed by atoms with E-state index in [1.54, 1.807) is 39.3 Å². The lowest BCUT2D eigenvalue weighted by Gasteiger charge is -2.49. The van der Waals surface area contributed by atoms with Crippen LogP contribution in [0.25, 0.3) is 9.69 Å². The van der Waals surface area contributed by atoms with Gasteiger partial charge in [-0.2, -0.15) is 5.26 Å². The quantitative estimate of drug-likeness (QED) is 0.0857. The highest BCUT2D eigenvalue weighted by atomic mass is 32.2. The Labute approximate surface area is 431 Å². The number of carbonyl (C=O) groups excluding carboxylic acids is 2. The molecule has 18 heteroatoms. The maximum absolute atomic E-state index is 14.2. The Morgan fingerprint density at radius 2 is 1.39 bits per heavy atom. The summed E-state index contributed by atoms with van der Waals surface area (Å²) in [6, 6.07) is 11.1. The summed E-state index contributed by atoms with van der Waals surface area (Å²) >= 11 is 6.61. The lowest BCUT2D eigenvalue weighted by Crippen LogP contribution is -2.58. The number of ether oxygens (including phenoxy) is 4. The van der Waals surface area contributed by atoms with Crippen LogP contribution in [-0.4, -0.2) is 93.1 Å². The van der Waals surface area contributed by atoms with Gasteiger partial charge in [0.1, 0.15) is 10.9 Å². The number of alkyl halides is 4. The average Bonchev–Trinajstić information content (AvgIpc) is 4.11. The van der Waals surface area contributed by atoms with Gasteiger partial charge in [0.15, 0.2) is 21.2 Å². The number of fused-ring (bicyclic) bond motifs is 4. The summed E-state index contributed by atoms with van der Waals surface area (Å²) < 4.78 is 71.4. The van der Waals surface area contributed by atoms with Crippen LogP contribution in [-0.2, 0) is 51.7 Å². The van der Waals surface area contributed by atoms with Crippen LogP contribution in [0.2, 0.25) is 0 Å². The van der Waals surface area contributed by atoms with Crippen molar-refractivity contribution in [2.24, 2.45) is 40.2 Å². The van der Waals surface area contributed by atoms with Gasteiger partial charge in [-0.3, -0.25) is 14.5 Å². The topological polar surface area (TPSA) is 145 Å². The van der Waals surface area contributed by atoms with E-state index in [0.717, 1.165) is 98.6 Å². The van der Waals surface area contributed by atoms with Crippen molar-refractivity contribution in [1.82, 2.24) is 10.2 Å². The molecule has 2 saturated heterocycles. The largest absolute Gasteiger partial charge is 0.465 e. The number of halogens is 4. The number of methoxy groups -OCH3 is 2. The van der Waals surface area contributed by atoms with E-state index in [9.17, 15) is 32.4 Å². The summed E-state index contributed by atoms with van der Waals surface area (Å²) in [6.45, 7) is 23.8. The van der Waals surface area contributed by atoms with Gasteiger partial charge in [0.25, 0.3) is 5.91 Å². The first-order valence-corrected chi connectivity index (χ1v) is 26.5. The number of amides is 1. The first-order chi connectivity index (χ1) is 34.3. The first-order valence-electron chi connectivity index (χ1n) is 25.3. The average molecular weight is 1040 g/mol. The van der Waals surface area contributed by atoms with Crippen molar-refractivity contribution < 1.29 is 46.1 Å². The lowest BCUT2D eigenvalue weighted by atomic mass is 9.59. The summed E-state index contributed by atoms with van der Waals surface area (Å²) in [5.41, 5.74) is 7.93. The zero-order valence-electron chi connectivity index (χ0n) is 42.0. The maximum atomic E-state index is 14.2. The SMILES string of the molecule is C1CCOC1.NCC1CC(F)(F)C1.[C-]#[N+]c1ccc2c(c1)C(SC#N)(C(=O)OCC)[C@]1(CC[C@H](OC)[C@@H](C)C1)C2.[C-]#[N+]c1ccc2c(c1)[C@]1(NC(=S)N(CC3CC(F)(F)C3)C1=O)[C@]1(CC[C@H](OC)[C@@H](C)C1)C2. The summed E-state index contributed by atoms with van der Waals surface area (Å²) in [4.78, 5) is 36.1. The van der Waals surface area contributed by atoms with E-state index in [1.165, 1.54) is 17.7 Å². The molecule has 1 unspecified atom stereocenters. The van der Waals surface area contributed by atoms with Gasteiger partial charge in [-0.15, -0.1) is 0 Å². The summed E-state index contributed by atoms with van der Waals surface area (Å²) in [5.74, 6) is -5.18. The van der Waals surface area contributed by atoms with Crippen molar-refractivity contribution in [3.8, 4) is 5.40 Å². The third-order valence-electron chi connectivity index (χ3n) is 16.8. The molecule has 0 aromatic heterocycles. The monoisotopic (exact) mass is 1040 g/mol. The van der Waals surface area contributed by atoms with E-state index in [2.05, 4.69) is 34.3 Å². The Morgan fingerprint density at radius 3 is 1.85 bits per heavy atom. The molecule has 390 valence electrons. The molecule has 1 amide bonds. The summed E-state index contributed by atoms with van der Waals surface area (Å²) in [7, 11) is 3.46. The molecule has 0 radical (unpaired) electrons. The second kappa shape index (κ2) is 22.2. The van der Waals surface area contributed by atoms with Crippen LogP contribution in [0.4, 0.5) is 28.9 Å². The highest BCUT2D eigenvalue weighted by Gasteiger charge is 2.69. The Kier molecular flexibility index (Phi) is 17.1. The standard InChI is InChI=1S/C24H27F2N3O2S.C21H24N2O3S.C5H9F2N.C4H8O/c1-14-9-22(7-6-19(14)31-3)12-16-4-5-17(27-2)8-18(16)24(22)20(30)29(21(32)28-24)13-15-10-23(25,26)11-15;1-5-26-19(24)21(27-13-22)17-10-16(23-3)7-6-15(17)12-20(21)9-8-18(25-4)14(2)11-20;6-5(7)1-4(2-5)3-8;1-2-4-5-3-1/h4-5,8,14-15,19H,6-7,9-13H2,1,3H3,(H,28,32);6-7,10,14,18H,5,8-9,11-12H2,1-2,4H3;4H,1-3,8H2;1-4H2/t14-,19-,22-,24+;14-,18-,20-,21?;;/m00../s1. The molecule has 2 aromatic carbocycles. The number of nitriles is 1. The van der Waals surface area contributed by atoms with Crippen LogP contribution in [0.1, 0.15) is 120 Å². The molecule has 8 aliphatic rings. The van der Waals surface area contributed by atoms with E-state index in [1.807, 2.05) is 18.2 Å². The van der Waals surface area contributed by atoms with Crippen LogP contribution >= 0.6 is 24.0 Å². The van der Waals surface area contributed by atoms with Gasteiger partial charge in [0.2, 0.25) is 11.8 Å². The smallest absolute Gasteiger partial charge is 0.328 e. The Balaban J connectivity index is 0.000000170. The molecule has 10 rings (SSSR count). The number of carbonyl (C=O) groups is 2. The van der Waals surface area contributed by atoms with E-state index < -0.39 is 33.0 Å². The van der Waals surface area contributed by atoms with Crippen molar-refractivity contribution in [2.75, 3.05) is 47.1 Å². The van der Waals surface area contributed by atoms with Crippen LogP contribution in [0.15, 0.2) is 36.4 Å². The Morgan fingerprint density at radius 1 is 0.875 bits per heavy atom. The fraction of sp³-hybridized carbons (Fsp3) is 0.667. The minimum absolute atomic E-state index is 0.00347. The van der Waals surface area contributed by atoms with Crippen molar-refractivity contribution in [2.45, 2.75) is 145 Å². The first kappa shape index (κ1) is 55.4. The molecule has 3 N–H and O–H groups in total. The summed E-state index contributed by atoms with van der Waals surface area (Å²) in [5, 5.41) is 15.6. The molecular formula is C54H68F4N6O6S2. The molecule has 3 spiro atoms. The number of thiocyanates is 1. The minimum Gasteiger partial charge on any atom is -0.465 e. The second-order valence-corrected chi connectivity index (χ2v) is 22.7. The molecule has 0 bridgehead atoms. The molecule has 2 aromatic rings. The fourth-order valence-electron chi connectivity index (χ4n) is 13.3. The molecule has 12 nitrogen and oxygen atoms in total. The fourth-order valence-corrected chi connectivity index (χ4v) is 14.7. The molecule has 72 heavy (non-hydrogen) atoms. The molecule has 6 aliphatic carbocycles. The van der Waals surface area contributed by atoms with E-state index >= 15 is 0 Å². The zero-order chi connectivity index (χ0) is 52.3. The predicted octanol–water partition coefficient (Wildman–Crippen LogP) is 10.9. The molecule has 4 saturated carbocycles. The number of hydrogen-bond acceptors (Lipinski definition) is 10. The van der Waals surface area contributed by atoms with E-state index in [0.29, 0.717) is 23.0 Å². The van der Waals surface area contributed by atoms with Gasteiger partial charge in [-0.1, -0.05) is 50.2 Å². The maximum Gasteiger partial charge on any atom is 0.328 e. The Bertz CT molecular complexity index is 2460. The van der Waals surface area contributed by atoms with Gasteiger partial charge in [-0.25, -0.2) is 27.3 Å². The van der Waals surface area contributed by atoms with Crippen LogP contribution in [0.3, 0.4) is 0 Å². The second-order valence-electron chi connectivity index (χ2n) is 21.3. The number of hydrogen-bond donors (Lipinski definition) is 2. The third kappa shape index (κ3) is 10.4. The van der Waals surface area contributed by atoms with Crippen molar-refractivity contribution in [3.05, 3.63) is 81.5 Å². The normalized spacial score (nSPS) is 32.5. The number of esters is 1.